The van der Waals surface area contributed by atoms with E-state index in [1.165, 1.54) is 46.2 Å². The maximum atomic E-state index is 2.52. The van der Waals surface area contributed by atoms with Crippen LogP contribution in [0, 0.1) is 33.6 Å². The van der Waals surface area contributed by atoms with Gasteiger partial charge in [-0.25, -0.2) is 0 Å². The van der Waals surface area contributed by atoms with Crippen LogP contribution in [0.3, 0.4) is 0 Å². The quantitative estimate of drug-likeness (QED) is 0.566. The summed E-state index contributed by atoms with van der Waals surface area (Å²) < 4.78 is 0. The lowest BCUT2D eigenvalue weighted by atomic mass is 9.84. The predicted molar refractivity (Wildman–Crippen MR) is 114 cm³/mol. The molecule has 2 aromatic rings. The van der Waals surface area contributed by atoms with Crippen LogP contribution < -0.4 is 0 Å². The number of rotatable bonds is 4. The van der Waals surface area contributed by atoms with Crippen LogP contribution in [0.15, 0.2) is 35.4 Å². The first-order chi connectivity index (χ1) is 12.5. The number of fused-ring (bicyclic) bond motifs is 2. The molecular formula is C26H30. The van der Waals surface area contributed by atoms with Gasteiger partial charge in [0.15, 0.2) is 0 Å². The Balaban J connectivity index is 1.71. The van der Waals surface area contributed by atoms with Gasteiger partial charge in [0, 0.05) is 5.92 Å². The molecule has 0 amide bonds. The summed E-state index contributed by atoms with van der Waals surface area (Å²) in [6, 6.07) is 9.13. The molecule has 2 aliphatic rings. The average molecular weight is 343 g/mol. The summed E-state index contributed by atoms with van der Waals surface area (Å²) in [6.45, 7) is 11.4. The molecule has 0 bridgehead atoms. The van der Waals surface area contributed by atoms with Crippen LogP contribution in [0.2, 0.25) is 0 Å². The first kappa shape index (κ1) is 17.3. The van der Waals surface area contributed by atoms with Crippen LogP contribution in [0.25, 0.3) is 12.2 Å². The van der Waals surface area contributed by atoms with E-state index in [0.29, 0.717) is 5.92 Å². The third-order valence-corrected chi connectivity index (χ3v) is 6.51. The van der Waals surface area contributed by atoms with Crippen LogP contribution in [-0.2, 0) is 12.8 Å². The summed E-state index contributed by atoms with van der Waals surface area (Å²) in [5.74, 6) is 0.595. The van der Waals surface area contributed by atoms with Gasteiger partial charge in [0.2, 0.25) is 0 Å². The van der Waals surface area contributed by atoms with Crippen molar-refractivity contribution < 1.29 is 0 Å². The van der Waals surface area contributed by atoms with E-state index in [4.69, 9.17) is 0 Å². The molecule has 4 rings (SSSR count). The van der Waals surface area contributed by atoms with Crippen LogP contribution in [0.5, 0.6) is 0 Å². The van der Waals surface area contributed by atoms with E-state index >= 15 is 0 Å². The van der Waals surface area contributed by atoms with E-state index in [0.717, 1.165) is 12.8 Å². The first-order valence-electron chi connectivity index (χ1n) is 10.1. The molecule has 0 N–H and O–H groups in total. The summed E-state index contributed by atoms with van der Waals surface area (Å²) in [5.41, 5.74) is 15.1. The average Bonchev–Trinajstić information content (AvgIpc) is 3.25. The van der Waals surface area contributed by atoms with Crippen molar-refractivity contribution in [2.75, 3.05) is 0 Å². The lowest BCUT2D eigenvalue weighted by molar-refractivity contribution is 0.613. The lowest BCUT2D eigenvalue weighted by Crippen LogP contribution is -2.09. The fourth-order valence-corrected chi connectivity index (χ4v) is 4.88. The van der Waals surface area contributed by atoms with Crippen molar-refractivity contribution in [2.45, 2.75) is 60.3 Å². The molecule has 0 atom stereocenters. The monoisotopic (exact) mass is 342 g/mol. The smallest absolute Gasteiger partial charge is 0.00202 e. The highest BCUT2D eigenvalue weighted by atomic mass is 14.3. The second-order valence-electron chi connectivity index (χ2n) is 8.32. The Labute approximate surface area is 158 Å². The molecule has 134 valence electrons. The molecule has 2 aromatic carbocycles. The molecule has 0 unspecified atom stereocenters. The standard InChI is InChI=1S/C26H30/c1-6-7-22(20-12-23-16(2)8-9-17(3)24(23)13-20)21-14-25-18(4)10-11-19(5)26(25)15-21/h8-12,14,22H,6-7,13,15H2,1-5H3. The van der Waals surface area contributed by atoms with Gasteiger partial charge >= 0.3 is 0 Å². The van der Waals surface area contributed by atoms with Crippen molar-refractivity contribution in [3.8, 4) is 0 Å². The van der Waals surface area contributed by atoms with E-state index in [1.54, 1.807) is 22.3 Å². The zero-order valence-corrected chi connectivity index (χ0v) is 16.9. The van der Waals surface area contributed by atoms with E-state index in [1.807, 2.05) is 0 Å². The van der Waals surface area contributed by atoms with Gasteiger partial charge in [-0.1, -0.05) is 60.9 Å². The highest BCUT2D eigenvalue weighted by Gasteiger charge is 2.28. The minimum absolute atomic E-state index is 0.595. The fourth-order valence-electron chi connectivity index (χ4n) is 4.88. The molecule has 0 aliphatic heterocycles. The van der Waals surface area contributed by atoms with Crippen molar-refractivity contribution in [2.24, 2.45) is 5.92 Å². The predicted octanol–water partition coefficient (Wildman–Crippen LogP) is 6.92. The van der Waals surface area contributed by atoms with Crippen molar-refractivity contribution in [3.63, 3.8) is 0 Å². The molecular weight excluding hydrogens is 312 g/mol. The van der Waals surface area contributed by atoms with E-state index in [2.05, 4.69) is 71.0 Å². The Morgan fingerprint density at radius 2 is 1.12 bits per heavy atom. The lowest BCUT2D eigenvalue weighted by Gasteiger charge is -2.20. The normalized spacial score (nSPS) is 15.2. The summed E-state index contributed by atoms with van der Waals surface area (Å²) >= 11 is 0. The molecule has 0 saturated heterocycles. The molecule has 0 radical (unpaired) electrons. The van der Waals surface area contributed by atoms with Crippen LogP contribution in [0.4, 0.5) is 0 Å². The molecule has 26 heavy (non-hydrogen) atoms. The molecule has 0 heteroatoms. The molecule has 0 spiro atoms. The van der Waals surface area contributed by atoms with Crippen molar-refractivity contribution >= 4 is 12.2 Å². The van der Waals surface area contributed by atoms with Crippen LogP contribution in [-0.4, -0.2) is 0 Å². The van der Waals surface area contributed by atoms with Gasteiger partial charge in [0.05, 0.1) is 0 Å². The zero-order valence-electron chi connectivity index (χ0n) is 16.9. The number of hydrogen-bond acceptors (Lipinski definition) is 0. The molecule has 0 aromatic heterocycles. The second-order valence-corrected chi connectivity index (χ2v) is 8.32. The summed E-state index contributed by atoms with van der Waals surface area (Å²) in [5, 5.41) is 0. The Kier molecular flexibility index (Phi) is 4.39. The minimum atomic E-state index is 0.595. The Hall–Kier alpha value is -2.08. The van der Waals surface area contributed by atoms with Gasteiger partial charge in [-0.2, -0.15) is 0 Å². The van der Waals surface area contributed by atoms with Crippen molar-refractivity contribution in [1.82, 2.24) is 0 Å². The van der Waals surface area contributed by atoms with Gasteiger partial charge < -0.3 is 0 Å². The maximum Gasteiger partial charge on any atom is 0.00202 e. The number of benzene rings is 2. The third-order valence-electron chi connectivity index (χ3n) is 6.51. The maximum absolute atomic E-state index is 2.52. The number of aryl methyl sites for hydroxylation is 4. The fraction of sp³-hybridized carbons (Fsp3) is 0.385. The summed E-state index contributed by atoms with van der Waals surface area (Å²) in [4.78, 5) is 0. The molecule has 0 fully saturated rings. The number of allylic oxidation sites excluding steroid dienone is 2. The number of hydrogen-bond donors (Lipinski definition) is 0. The largest absolute Gasteiger partial charge is 0.0653 e. The highest BCUT2D eigenvalue weighted by Crippen LogP contribution is 2.42. The zero-order chi connectivity index (χ0) is 18.4. The molecule has 0 heterocycles. The summed E-state index contributed by atoms with van der Waals surface area (Å²) in [6.07, 6.45) is 9.80. The van der Waals surface area contributed by atoms with Crippen LogP contribution in [0.1, 0.15) is 64.3 Å². The van der Waals surface area contributed by atoms with Gasteiger partial charge in [-0.3, -0.25) is 0 Å². The highest BCUT2D eigenvalue weighted by molar-refractivity contribution is 5.73. The summed E-state index contributed by atoms with van der Waals surface area (Å²) in [7, 11) is 0. The molecule has 2 aliphatic carbocycles. The van der Waals surface area contributed by atoms with E-state index in [9.17, 15) is 0 Å². The first-order valence-corrected chi connectivity index (χ1v) is 10.1. The molecule has 0 nitrogen and oxygen atoms in total. The van der Waals surface area contributed by atoms with Crippen molar-refractivity contribution in [3.05, 3.63) is 79.9 Å². The van der Waals surface area contributed by atoms with Gasteiger partial charge in [0.25, 0.3) is 0 Å². The van der Waals surface area contributed by atoms with Gasteiger partial charge in [-0.05, 0) is 91.5 Å². The van der Waals surface area contributed by atoms with E-state index in [-0.39, 0.29) is 0 Å². The Morgan fingerprint density at radius 3 is 1.50 bits per heavy atom. The second kappa shape index (κ2) is 6.58. The SMILES string of the molecule is CCCC(C1=Cc2c(C)ccc(C)c2C1)C1=Cc2c(C)ccc(C)c2C1. The topological polar surface area (TPSA) is 0 Å². The Bertz CT molecular complexity index is 861. The Morgan fingerprint density at radius 1 is 0.692 bits per heavy atom. The van der Waals surface area contributed by atoms with Crippen molar-refractivity contribution in [1.29, 1.82) is 0 Å². The molecule has 0 saturated carbocycles. The van der Waals surface area contributed by atoms with Gasteiger partial charge in [0.1, 0.15) is 0 Å². The minimum Gasteiger partial charge on any atom is -0.0653 e. The van der Waals surface area contributed by atoms with Crippen LogP contribution >= 0.6 is 0 Å². The van der Waals surface area contributed by atoms with Gasteiger partial charge in [-0.15, -0.1) is 0 Å². The van der Waals surface area contributed by atoms with E-state index < -0.39 is 0 Å². The third kappa shape index (κ3) is 2.76.